The Hall–Kier alpha value is -3.10. The predicted molar refractivity (Wildman–Crippen MR) is 128 cm³/mol. The molecule has 1 aliphatic heterocycles. The molecular formula is C24H23ClFN3O3S. The third-order valence-corrected chi connectivity index (χ3v) is 6.97. The van der Waals surface area contributed by atoms with Crippen LogP contribution >= 0.6 is 11.6 Å². The zero-order valence-electron chi connectivity index (χ0n) is 18.0. The SMILES string of the molecule is Cc1ccc(N2CCCN(Cc3cccc(F)c3)C2=O)c(NS(=O)(=O)c2cccc(Cl)c2)c1. The molecule has 0 atom stereocenters. The first kappa shape index (κ1) is 23.1. The summed E-state index contributed by atoms with van der Waals surface area (Å²) in [5, 5.41) is 0.307. The summed E-state index contributed by atoms with van der Waals surface area (Å²) in [5.41, 5.74) is 2.29. The minimum absolute atomic E-state index is 0.0279. The molecule has 3 aromatic carbocycles. The molecule has 2 amide bonds. The number of carbonyl (C=O) groups excluding carboxylic acids is 1. The van der Waals surface area contributed by atoms with Crippen LogP contribution in [0.5, 0.6) is 0 Å². The first-order chi connectivity index (χ1) is 15.7. The number of hydrogen-bond donors (Lipinski definition) is 1. The molecule has 0 aliphatic carbocycles. The van der Waals surface area contributed by atoms with E-state index < -0.39 is 10.0 Å². The van der Waals surface area contributed by atoms with E-state index in [9.17, 15) is 17.6 Å². The van der Waals surface area contributed by atoms with E-state index in [1.165, 1.54) is 24.3 Å². The van der Waals surface area contributed by atoms with Gasteiger partial charge < -0.3 is 4.90 Å². The van der Waals surface area contributed by atoms with Gasteiger partial charge in [0.05, 0.1) is 16.3 Å². The lowest BCUT2D eigenvalue weighted by molar-refractivity contribution is 0.192. The fraction of sp³-hybridized carbons (Fsp3) is 0.208. The summed E-state index contributed by atoms with van der Waals surface area (Å²) in [5.74, 6) is -0.356. The van der Waals surface area contributed by atoms with E-state index >= 15 is 0 Å². The van der Waals surface area contributed by atoms with Crippen LogP contribution in [0.1, 0.15) is 17.5 Å². The van der Waals surface area contributed by atoms with Crippen molar-refractivity contribution in [3.05, 3.63) is 88.7 Å². The van der Waals surface area contributed by atoms with Crippen LogP contribution in [0, 0.1) is 12.7 Å². The van der Waals surface area contributed by atoms with Gasteiger partial charge in [-0.2, -0.15) is 0 Å². The average Bonchev–Trinajstić information content (AvgIpc) is 2.76. The van der Waals surface area contributed by atoms with E-state index in [1.54, 1.807) is 46.2 Å². The Kier molecular flexibility index (Phi) is 6.58. The predicted octanol–water partition coefficient (Wildman–Crippen LogP) is 5.42. The number of urea groups is 1. The fourth-order valence-electron chi connectivity index (χ4n) is 3.81. The molecule has 0 saturated carbocycles. The number of anilines is 2. The molecule has 33 heavy (non-hydrogen) atoms. The van der Waals surface area contributed by atoms with Crippen LogP contribution in [-0.4, -0.2) is 32.4 Å². The van der Waals surface area contributed by atoms with Crippen molar-refractivity contribution in [2.75, 3.05) is 22.7 Å². The molecule has 0 aromatic heterocycles. The van der Waals surface area contributed by atoms with Crippen molar-refractivity contribution in [3.8, 4) is 0 Å². The summed E-state index contributed by atoms with van der Waals surface area (Å²) in [6.45, 7) is 3.08. The third-order valence-electron chi connectivity index (χ3n) is 5.37. The van der Waals surface area contributed by atoms with Crippen molar-refractivity contribution in [2.45, 2.75) is 24.8 Å². The van der Waals surface area contributed by atoms with Gasteiger partial charge in [-0.3, -0.25) is 9.62 Å². The molecule has 9 heteroatoms. The fourth-order valence-corrected chi connectivity index (χ4v) is 5.18. The van der Waals surface area contributed by atoms with E-state index in [2.05, 4.69) is 4.72 Å². The topological polar surface area (TPSA) is 69.7 Å². The second-order valence-electron chi connectivity index (χ2n) is 7.92. The molecule has 1 aliphatic rings. The van der Waals surface area contributed by atoms with Crippen LogP contribution in [-0.2, 0) is 16.6 Å². The molecule has 6 nitrogen and oxygen atoms in total. The van der Waals surface area contributed by atoms with Gasteiger partial charge in [-0.05, 0) is 66.9 Å². The van der Waals surface area contributed by atoms with Gasteiger partial charge in [0.25, 0.3) is 10.0 Å². The normalized spacial score (nSPS) is 14.5. The molecule has 172 valence electrons. The van der Waals surface area contributed by atoms with E-state index in [1.807, 2.05) is 13.0 Å². The highest BCUT2D eigenvalue weighted by atomic mass is 35.5. The van der Waals surface area contributed by atoms with Gasteiger partial charge in [0.15, 0.2) is 0 Å². The van der Waals surface area contributed by atoms with Gasteiger partial charge in [-0.15, -0.1) is 0 Å². The van der Waals surface area contributed by atoms with Gasteiger partial charge in [-0.1, -0.05) is 35.9 Å². The molecule has 0 spiro atoms. The van der Waals surface area contributed by atoms with Crippen LogP contribution < -0.4 is 9.62 Å². The van der Waals surface area contributed by atoms with Crippen molar-refractivity contribution in [1.29, 1.82) is 0 Å². The molecule has 1 N–H and O–H groups in total. The Morgan fingerprint density at radius 1 is 1.03 bits per heavy atom. The van der Waals surface area contributed by atoms with Crippen molar-refractivity contribution in [1.82, 2.24) is 4.90 Å². The number of carbonyl (C=O) groups is 1. The highest BCUT2D eigenvalue weighted by molar-refractivity contribution is 7.92. The smallest absolute Gasteiger partial charge is 0.320 e. The minimum Gasteiger partial charge on any atom is -0.320 e. The number of halogens is 2. The minimum atomic E-state index is -3.93. The summed E-state index contributed by atoms with van der Waals surface area (Å²) in [6, 6.07) is 17.1. The lowest BCUT2D eigenvalue weighted by atomic mass is 10.1. The summed E-state index contributed by atoms with van der Waals surface area (Å²) >= 11 is 5.97. The molecule has 0 unspecified atom stereocenters. The quantitative estimate of drug-likeness (QED) is 0.504. The summed E-state index contributed by atoms with van der Waals surface area (Å²) in [6.07, 6.45) is 0.690. The van der Waals surface area contributed by atoms with Crippen molar-refractivity contribution in [2.24, 2.45) is 0 Å². The Morgan fingerprint density at radius 2 is 1.82 bits per heavy atom. The third kappa shape index (κ3) is 5.29. The lowest BCUT2D eigenvalue weighted by Crippen LogP contribution is -2.49. The zero-order valence-corrected chi connectivity index (χ0v) is 19.5. The highest BCUT2D eigenvalue weighted by Gasteiger charge is 2.29. The molecule has 1 heterocycles. The number of sulfonamides is 1. The molecule has 3 aromatic rings. The van der Waals surface area contributed by atoms with Crippen LogP contribution in [0.3, 0.4) is 0 Å². The summed E-state index contributed by atoms with van der Waals surface area (Å²) < 4.78 is 42.2. The first-order valence-corrected chi connectivity index (χ1v) is 12.3. The summed E-state index contributed by atoms with van der Waals surface area (Å²) in [4.78, 5) is 16.5. The van der Waals surface area contributed by atoms with Crippen molar-refractivity contribution in [3.63, 3.8) is 0 Å². The number of hydrogen-bond acceptors (Lipinski definition) is 3. The average molecular weight is 488 g/mol. The van der Waals surface area contributed by atoms with Crippen LogP contribution in [0.25, 0.3) is 0 Å². The molecular weight excluding hydrogens is 465 g/mol. The van der Waals surface area contributed by atoms with Crippen LogP contribution in [0.2, 0.25) is 5.02 Å². The Morgan fingerprint density at radius 3 is 2.58 bits per heavy atom. The lowest BCUT2D eigenvalue weighted by Gasteiger charge is -2.36. The van der Waals surface area contributed by atoms with Crippen molar-refractivity contribution < 1.29 is 17.6 Å². The van der Waals surface area contributed by atoms with Gasteiger partial charge in [0, 0.05) is 24.7 Å². The van der Waals surface area contributed by atoms with Crippen LogP contribution in [0.15, 0.2) is 71.6 Å². The second kappa shape index (κ2) is 9.41. The Balaban J connectivity index is 1.63. The second-order valence-corrected chi connectivity index (χ2v) is 10.0. The first-order valence-electron chi connectivity index (χ1n) is 10.4. The van der Waals surface area contributed by atoms with Gasteiger partial charge in [0.1, 0.15) is 5.82 Å². The standard InChI is InChI=1S/C24H23ClFN3O3S/c1-17-9-10-23(22(13-17)27-33(31,32)21-8-3-6-19(25)15-21)29-12-4-11-28(24(29)30)16-18-5-2-7-20(26)14-18/h2-3,5-10,13-15,27H,4,11-12,16H2,1H3. The van der Waals surface area contributed by atoms with Gasteiger partial charge >= 0.3 is 6.03 Å². The maximum absolute atomic E-state index is 13.6. The zero-order chi connectivity index (χ0) is 23.6. The van der Waals surface area contributed by atoms with E-state index in [4.69, 9.17) is 11.6 Å². The molecule has 1 saturated heterocycles. The largest absolute Gasteiger partial charge is 0.324 e. The Bertz CT molecular complexity index is 1300. The van der Waals surface area contributed by atoms with Crippen molar-refractivity contribution >= 4 is 39.0 Å². The van der Waals surface area contributed by atoms with E-state index in [0.29, 0.717) is 41.5 Å². The number of rotatable bonds is 6. The number of nitrogens with zero attached hydrogens (tertiary/aromatic N) is 2. The maximum atomic E-state index is 13.6. The van der Waals surface area contributed by atoms with E-state index in [-0.39, 0.29) is 23.3 Å². The number of benzene rings is 3. The van der Waals surface area contributed by atoms with E-state index in [0.717, 1.165) is 5.56 Å². The number of nitrogens with one attached hydrogen (secondary N) is 1. The maximum Gasteiger partial charge on any atom is 0.324 e. The van der Waals surface area contributed by atoms with Gasteiger partial charge in [0.2, 0.25) is 0 Å². The molecule has 1 fully saturated rings. The summed E-state index contributed by atoms with van der Waals surface area (Å²) in [7, 11) is -3.93. The molecule has 0 radical (unpaired) electrons. The molecule has 4 rings (SSSR count). The number of amides is 2. The number of aryl methyl sites for hydroxylation is 1. The van der Waals surface area contributed by atoms with Gasteiger partial charge in [-0.25, -0.2) is 17.6 Å². The highest BCUT2D eigenvalue weighted by Crippen LogP contribution is 2.32. The Labute approximate surface area is 197 Å². The monoisotopic (exact) mass is 487 g/mol. The molecule has 0 bridgehead atoms. The van der Waals surface area contributed by atoms with Crippen LogP contribution in [0.4, 0.5) is 20.6 Å².